The molecule has 1 saturated carbocycles. The van der Waals surface area contributed by atoms with Crippen molar-refractivity contribution in [3.05, 3.63) is 30.3 Å². The normalized spacial score (nSPS) is 14.2. The third-order valence-corrected chi connectivity index (χ3v) is 2.76. The topological polar surface area (TPSA) is 47.6 Å². The minimum absolute atomic E-state index is 0.215. The highest BCUT2D eigenvalue weighted by atomic mass is 16.6. The Labute approximate surface area is 107 Å². The SMILES string of the molecule is O=C(CNCC1CC1)OCCOc1ccccc1. The van der Waals surface area contributed by atoms with E-state index < -0.39 is 0 Å². The molecule has 4 heteroatoms. The molecule has 0 radical (unpaired) electrons. The van der Waals surface area contributed by atoms with Crippen molar-refractivity contribution in [3.63, 3.8) is 0 Å². The first-order chi connectivity index (χ1) is 8.84. The maximum atomic E-state index is 11.3. The van der Waals surface area contributed by atoms with E-state index in [4.69, 9.17) is 9.47 Å². The van der Waals surface area contributed by atoms with Crippen molar-refractivity contribution in [1.82, 2.24) is 5.32 Å². The summed E-state index contributed by atoms with van der Waals surface area (Å²) in [7, 11) is 0. The van der Waals surface area contributed by atoms with Gasteiger partial charge in [-0.3, -0.25) is 4.79 Å². The van der Waals surface area contributed by atoms with E-state index in [1.807, 2.05) is 30.3 Å². The zero-order valence-corrected chi connectivity index (χ0v) is 10.4. The Hall–Kier alpha value is -1.55. The zero-order chi connectivity index (χ0) is 12.6. The molecule has 1 N–H and O–H groups in total. The summed E-state index contributed by atoms with van der Waals surface area (Å²) in [6.07, 6.45) is 2.57. The average molecular weight is 249 g/mol. The molecule has 0 heterocycles. The highest BCUT2D eigenvalue weighted by Gasteiger charge is 2.20. The summed E-state index contributed by atoms with van der Waals surface area (Å²) in [5.74, 6) is 1.35. The molecule has 1 aromatic rings. The van der Waals surface area contributed by atoms with Crippen LogP contribution in [0, 0.1) is 5.92 Å². The van der Waals surface area contributed by atoms with Crippen LogP contribution in [-0.2, 0) is 9.53 Å². The van der Waals surface area contributed by atoms with Gasteiger partial charge in [-0.2, -0.15) is 0 Å². The van der Waals surface area contributed by atoms with Crippen molar-refractivity contribution in [1.29, 1.82) is 0 Å². The third-order valence-electron chi connectivity index (χ3n) is 2.76. The van der Waals surface area contributed by atoms with E-state index in [1.165, 1.54) is 12.8 Å². The van der Waals surface area contributed by atoms with E-state index in [-0.39, 0.29) is 5.97 Å². The third kappa shape index (κ3) is 5.19. The lowest BCUT2D eigenvalue weighted by molar-refractivity contribution is -0.143. The van der Waals surface area contributed by atoms with Gasteiger partial charge in [0, 0.05) is 0 Å². The molecule has 0 spiro atoms. The monoisotopic (exact) mass is 249 g/mol. The largest absolute Gasteiger partial charge is 0.490 e. The van der Waals surface area contributed by atoms with E-state index in [1.54, 1.807) is 0 Å². The standard InChI is InChI=1S/C14H19NO3/c16-14(11-15-10-12-6-7-12)18-9-8-17-13-4-2-1-3-5-13/h1-5,12,15H,6-11H2. The molecule has 0 saturated heterocycles. The van der Waals surface area contributed by atoms with Gasteiger partial charge in [0.25, 0.3) is 0 Å². The number of hydrogen-bond acceptors (Lipinski definition) is 4. The van der Waals surface area contributed by atoms with E-state index in [0.717, 1.165) is 18.2 Å². The predicted octanol–water partition coefficient (Wildman–Crippen LogP) is 1.61. The van der Waals surface area contributed by atoms with Gasteiger partial charge in [0.2, 0.25) is 0 Å². The van der Waals surface area contributed by atoms with Crippen LogP contribution in [-0.4, -0.2) is 32.3 Å². The summed E-state index contributed by atoms with van der Waals surface area (Å²) in [6, 6.07) is 9.49. The van der Waals surface area contributed by atoms with E-state index in [2.05, 4.69) is 5.32 Å². The fourth-order valence-electron chi connectivity index (χ4n) is 1.58. The molecule has 4 nitrogen and oxygen atoms in total. The molecule has 0 aliphatic heterocycles. The van der Waals surface area contributed by atoms with Gasteiger partial charge in [0.15, 0.2) is 0 Å². The van der Waals surface area contributed by atoms with Crippen LogP contribution in [0.2, 0.25) is 0 Å². The van der Waals surface area contributed by atoms with Crippen LogP contribution < -0.4 is 10.1 Å². The number of carbonyl (C=O) groups is 1. The van der Waals surface area contributed by atoms with Crippen LogP contribution in [0.3, 0.4) is 0 Å². The van der Waals surface area contributed by atoms with Gasteiger partial charge in [-0.15, -0.1) is 0 Å². The Kier molecular flexibility index (Phi) is 5.02. The molecule has 0 atom stereocenters. The van der Waals surface area contributed by atoms with Crippen LogP contribution in [0.1, 0.15) is 12.8 Å². The molecule has 0 aromatic heterocycles. The number of hydrogen-bond donors (Lipinski definition) is 1. The van der Waals surface area contributed by atoms with Gasteiger partial charge in [-0.1, -0.05) is 18.2 Å². The number of benzene rings is 1. The van der Waals surface area contributed by atoms with Crippen LogP contribution >= 0.6 is 0 Å². The second kappa shape index (κ2) is 7.01. The van der Waals surface area contributed by atoms with Crippen molar-refractivity contribution >= 4 is 5.97 Å². The molecule has 0 unspecified atom stereocenters. The zero-order valence-electron chi connectivity index (χ0n) is 10.4. The lowest BCUT2D eigenvalue weighted by Crippen LogP contribution is -2.27. The first-order valence-electron chi connectivity index (χ1n) is 6.39. The van der Waals surface area contributed by atoms with Crippen molar-refractivity contribution in [2.45, 2.75) is 12.8 Å². The first-order valence-corrected chi connectivity index (χ1v) is 6.39. The van der Waals surface area contributed by atoms with E-state index >= 15 is 0 Å². The highest BCUT2D eigenvalue weighted by Crippen LogP contribution is 2.27. The molecular formula is C14H19NO3. The van der Waals surface area contributed by atoms with Crippen molar-refractivity contribution in [3.8, 4) is 5.75 Å². The molecule has 1 aromatic carbocycles. The molecule has 0 bridgehead atoms. The predicted molar refractivity (Wildman–Crippen MR) is 68.5 cm³/mol. The second-order valence-corrected chi connectivity index (χ2v) is 4.46. The van der Waals surface area contributed by atoms with Crippen molar-refractivity contribution in [2.75, 3.05) is 26.3 Å². The van der Waals surface area contributed by atoms with Crippen molar-refractivity contribution in [2.24, 2.45) is 5.92 Å². The van der Waals surface area contributed by atoms with Gasteiger partial charge < -0.3 is 14.8 Å². The minimum Gasteiger partial charge on any atom is -0.490 e. The van der Waals surface area contributed by atoms with Crippen LogP contribution in [0.4, 0.5) is 0 Å². The first kappa shape index (κ1) is 12.9. The van der Waals surface area contributed by atoms with E-state index in [9.17, 15) is 4.79 Å². The number of nitrogens with one attached hydrogen (secondary N) is 1. The van der Waals surface area contributed by atoms with Gasteiger partial charge in [0.1, 0.15) is 19.0 Å². The Morgan fingerprint density at radius 1 is 1.22 bits per heavy atom. The molecule has 0 amide bonds. The Morgan fingerprint density at radius 2 is 2.00 bits per heavy atom. The Morgan fingerprint density at radius 3 is 2.72 bits per heavy atom. The van der Waals surface area contributed by atoms with Gasteiger partial charge in [0.05, 0.1) is 6.54 Å². The Balaban J connectivity index is 1.48. The van der Waals surface area contributed by atoms with Crippen molar-refractivity contribution < 1.29 is 14.3 Å². The number of rotatable bonds is 8. The smallest absolute Gasteiger partial charge is 0.320 e. The minimum atomic E-state index is -0.215. The summed E-state index contributed by atoms with van der Waals surface area (Å²) < 4.78 is 10.5. The Bertz CT molecular complexity index is 363. The average Bonchev–Trinajstić information content (AvgIpc) is 3.20. The molecule has 1 aliphatic carbocycles. The fraction of sp³-hybridized carbons (Fsp3) is 0.500. The number of ether oxygens (including phenoxy) is 2. The van der Waals surface area contributed by atoms with Crippen LogP contribution in [0.5, 0.6) is 5.75 Å². The fourth-order valence-corrected chi connectivity index (χ4v) is 1.58. The molecule has 18 heavy (non-hydrogen) atoms. The number of para-hydroxylation sites is 1. The van der Waals surface area contributed by atoms with Crippen LogP contribution in [0.15, 0.2) is 30.3 Å². The van der Waals surface area contributed by atoms with Gasteiger partial charge in [-0.05, 0) is 37.4 Å². The lowest BCUT2D eigenvalue weighted by Gasteiger charge is -2.07. The summed E-state index contributed by atoms with van der Waals surface area (Å²) in [6.45, 7) is 1.90. The highest BCUT2D eigenvalue weighted by molar-refractivity contribution is 5.71. The second-order valence-electron chi connectivity index (χ2n) is 4.46. The maximum absolute atomic E-state index is 11.3. The summed E-state index contributed by atoms with van der Waals surface area (Å²) in [5, 5.41) is 3.09. The molecule has 98 valence electrons. The van der Waals surface area contributed by atoms with E-state index in [0.29, 0.717) is 19.8 Å². The molecular weight excluding hydrogens is 230 g/mol. The quantitative estimate of drug-likeness (QED) is 0.561. The maximum Gasteiger partial charge on any atom is 0.320 e. The summed E-state index contributed by atoms with van der Waals surface area (Å²) in [4.78, 5) is 11.3. The number of carbonyl (C=O) groups excluding carboxylic acids is 1. The molecule has 1 aliphatic rings. The molecule has 1 fully saturated rings. The van der Waals surface area contributed by atoms with Gasteiger partial charge in [-0.25, -0.2) is 0 Å². The van der Waals surface area contributed by atoms with Gasteiger partial charge >= 0.3 is 5.97 Å². The molecule has 2 rings (SSSR count). The summed E-state index contributed by atoms with van der Waals surface area (Å²) in [5.41, 5.74) is 0. The summed E-state index contributed by atoms with van der Waals surface area (Å²) >= 11 is 0. The van der Waals surface area contributed by atoms with Crippen LogP contribution in [0.25, 0.3) is 0 Å². The number of esters is 1. The lowest BCUT2D eigenvalue weighted by atomic mass is 10.3.